The molecule has 1 aromatic carbocycles. The number of benzene rings is 1. The van der Waals surface area contributed by atoms with E-state index in [2.05, 4.69) is 20.3 Å². The van der Waals surface area contributed by atoms with Gasteiger partial charge in [0.2, 0.25) is 0 Å². The number of hydrogen-bond acceptors (Lipinski definition) is 5. The van der Waals surface area contributed by atoms with Crippen molar-refractivity contribution >= 4 is 5.91 Å². The van der Waals surface area contributed by atoms with Crippen LogP contribution in [0.2, 0.25) is 0 Å². The molecule has 0 aliphatic heterocycles. The first-order valence-electron chi connectivity index (χ1n) is 8.98. The Morgan fingerprint density at radius 2 is 1.89 bits per heavy atom. The van der Waals surface area contributed by atoms with E-state index in [0.29, 0.717) is 18.1 Å². The molecule has 0 unspecified atom stereocenters. The second-order valence-corrected chi connectivity index (χ2v) is 6.74. The SMILES string of the molecule is Cc1ccccc1[C@H](CNC(=O)c1cnc(-c2ccccn2)[nH]c1=O)N(C)C. The predicted molar refractivity (Wildman–Crippen MR) is 108 cm³/mol. The number of aromatic amines is 1. The highest BCUT2D eigenvalue weighted by atomic mass is 16.2. The molecule has 2 aromatic heterocycles. The first-order chi connectivity index (χ1) is 13.5. The molecule has 3 rings (SSSR count). The molecule has 0 saturated carbocycles. The number of pyridine rings is 1. The summed E-state index contributed by atoms with van der Waals surface area (Å²) in [5, 5.41) is 2.85. The van der Waals surface area contributed by atoms with Gasteiger partial charge in [-0.3, -0.25) is 14.6 Å². The van der Waals surface area contributed by atoms with Crippen LogP contribution in [0.1, 0.15) is 27.5 Å². The Morgan fingerprint density at radius 3 is 2.54 bits per heavy atom. The summed E-state index contributed by atoms with van der Waals surface area (Å²) in [6.45, 7) is 2.41. The average molecular weight is 377 g/mol. The van der Waals surface area contributed by atoms with Gasteiger partial charge in [0.1, 0.15) is 11.3 Å². The van der Waals surface area contributed by atoms with Crippen LogP contribution < -0.4 is 10.9 Å². The number of aryl methyl sites for hydroxylation is 1. The summed E-state index contributed by atoms with van der Waals surface area (Å²) in [6.07, 6.45) is 2.90. The van der Waals surface area contributed by atoms with Crippen LogP contribution in [0.15, 0.2) is 59.7 Å². The van der Waals surface area contributed by atoms with E-state index in [1.807, 2.05) is 50.2 Å². The number of H-pyrrole nitrogens is 1. The van der Waals surface area contributed by atoms with E-state index < -0.39 is 11.5 Å². The van der Waals surface area contributed by atoms with Gasteiger partial charge in [0, 0.05) is 18.9 Å². The molecular formula is C21H23N5O2. The lowest BCUT2D eigenvalue weighted by atomic mass is 10.0. The summed E-state index contributed by atoms with van der Waals surface area (Å²) < 4.78 is 0. The van der Waals surface area contributed by atoms with Crippen LogP contribution in [0.4, 0.5) is 0 Å². The molecule has 2 heterocycles. The summed E-state index contributed by atoms with van der Waals surface area (Å²) in [6, 6.07) is 13.4. The highest BCUT2D eigenvalue weighted by Crippen LogP contribution is 2.21. The third-order valence-corrected chi connectivity index (χ3v) is 4.58. The Kier molecular flexibility index (Phi) is 5.96. The number of likely N-dealkylation sites (N-methyl/N-ethyl adjacent to an activating group) is 1. The molecule has 7 heteroatoms. The average Bonchev–Trinajstić information content (AvgIpc) is 2.69. The van der Waals surface area contributed by atoms with Gasteiger partial charge in [-0.05, 0) is 44.3 Å². The molecule has 0 radical (unpaired) electrons. The van der Waals surface area contributed by atoms with Gasteiger partial charge in [-0.15, -0.1) is 0 Å². The van der Waals surface area contributed by atoms with Gasteiger partial charge in [0.05, 0.1) is 6.04 Å². The van der Waals surface area contributed by atoms with Gasteiger partial charge in [0.25, 0.3) is 11.5 Å². The lowest BCUT2D eigenvalue weighted by Gasteiger charge is -2.26. The van der Waals surface area contributed by atoms with Gasteiger partial charge in [-0.25, -0.2) is 4.98 Å². The monoisotopic (exact) mass is 377 g/mol. The smallest absolute Gasteiger partial charge is 0.264 e. The highest BCUT2D eigenvalue weighted by molar-refractivity contribution is 5.93. The Morgan fingerprint density at radius 1 is 1.14 bits per heavy atom. The van der Waals surface area contributed by atoms with Crippen molar-refractivity contribution in [3.63, 3.8) is 0 Å². The number of nitrogens with zero attached hydrogens (tertiary/aromatic N) is 3. The standard InChI is InChI=1S/C21H23N5O2/c1-14-8-4-5-9-15(14)18(26(2)3)13-24-20(27)16-12-23-19(25-21(16)28)17-10-6-7-11-22-17/h4-12,18H,13H2,1-3H3,(H,24,27)(H,23,25,28)/t18-/m0/s1. The van der Waals surface area contributed by atoms with Crippen LogP contribution in [0.3, 0.4) is 0 Å². The van der Waals surface area contributed by atoms with Crippen molar-refractivity contribution in [3.05, 3.63) is 81.9 Å². The molecule has 1 atom stereocenters. The van der Waals surface area contributed by atoms with E-state index in [0.717, 1.165) is 11.1 Å². The van der Waals surface area contributed by atoms with Crippen molar-refractivity contribution in [1.29, 1.82) is 0 Å². The molecule has 1 amide bonds. The molecule has 0 spiro atoms. The fourth-order valence-corrected chi connectivity index (χ4v) is 3.01. The Balaban J connectivity index is 1.75. The third-order valence-electron chi connectivity index (χ3n) is 4.58. The summed E-state index contributed by atoms with van der Waals surface area (Å²) in [5.41, 5.74) is 2.30. The van der Waals surface area contributed by atoms with Gasteiger partial charge >= 0.3 is 0 Å². The van der Waals surface area contributed by atoms with Crippen molar-refractivity contribution in [2.45, 2.75) is 13.0 Å². The van der Waals surface area contributed by atoms with Crippen molar-refractivity contribution in [2.24, 2.45) is 0 Å². The molecular weight excluding hydrogens is 354 g/mol. The Labute approximate surface area is 163 Å². The number of carbonyl (C=O) groups is 1. The summed E-state index contributed by atoms with van der Waals surface area (Å²) in [5.74, 6) is -0.130. The Hall–Kier alpha value is -3.32. The normalized spacial score (nSPS) is 12.0. The number of amides is 1. The zero-order valence-electron chi connectivity index (χ0n) is 16.1. The van der Waals surface area contributed by atoms with Crippen LogP contribution in [-0.2, 0) is 0 Å². The summed E-state index contributed by atoms with van der Waals surface area (Å²) in [4.78, 5) is 37.9. The van der Waals surface area contributed by atoms with Gasteiger partial charge in [-0.2, -0.15) is 0 Å². The Bertz CT molecular complexity index is 1010. The lowest BCUT2D eigenvalue weighted by molar-refractivity contribution is 0.0940. The molecule has 7 nitrogen and oxygen atoms in total. The fourth-order valence-electron chi connectivity index (χ4n) is 3.01. The predicted octanol–water partition coefficient (Wildman–Crippen LogP) is 2.17. The van der Waals surface area contributed by atoms with Crippen molar-refractivity contribution in [1.82, 2.24) is 25.2 Å². The maximum atomic E-state index is 12.6. The second kappa shape index (κ2) is 8.58. The van der Waals surface area contributed by atoms with Crippen LogP contribution >= 0.6 is 0 Å². The molecule has 2 N–H and O–H groups in total. The minimum atomic E-state index is -0.495. The quantitative estimate of drug-likeness (QED) is 0.687. The van der Waals surface area contributed by atoms with Gasteiger partial charge < -0.3 is 15.2 Å². The number of nitrogens with one attached hydrogen (secondary N) is 2. The van der Waals surface area contributed by atoms with E-state index >= 15 is 0 Å². The van der Waals surface area contributed by atoms with E-state index in [-0.39, 0.29) is 11.6 Å². The largest absolute Gasteiger partial charge is 0.350 e. The zero-order valence-corrected chi connectivity index (χ0v) is 16.1. The molecule has 144 valence electrons. The third kappa shape index (κ3) is 4.32. The molecule has 0 bridgehead atoms. The summed E-state index contributed by atoms with van der Waals surface area (Å²) >= 11 is 0. The molecule has 0 aliphatic rings. The topological polar surface area (TPSA) is 91.0 Å². The van der Waals surface area contributed by atoms with E-state index in [9.17, 15) is 9.59 Å². The van der Waals surface area contributed by atoms with Crippen molar-refractivity contribution < 1.29 is 4.79 Å². The van der Waals surface area contributed by atoms with Crippen LogP contribution in [0.5, 0.6) is 0 Å². The fraction of sp³-hybridized carbons (Fsp3) is 0.238. The first-order valence-corrected chi connectivity index (χ1v) is 8.98. The lowest BCUT2D eigenvalue weighted by Crippen LogP contribution is -2.37. The molecule has 0 fully saturated rings. The van der Waals surface area contributed by atoms with Crippen molar-refractivity contribution in [3.8, 4) is 11.5 Å². The maximum Gasteiger partial charge on any atom is 0.264 e. The molecule has 28 heavy (non-hydrogen) atoms. The van der Waals surface area contributed by atoms with Crippen LogP contribution in [0.25, 0.3) is 11.5 Å². The molecule has 0 saturated heterocycles. The first kappa shape index (κ1) is 19.4. The molecule has 3 aromatic rings. The number of carbonyl (C=O) groups excluding carboxylic acids is 1. The van der Waals surface area contributed by atoms with Crippen LogP contribution in [0, 0.1) is 6.92 Å². The summed E-state index contributed by atoms with van der Waals surface area (Å²) in [7, 11) is 3.92. The van der Waals surface area contributed by atoms with Gasteiger partial charge in [-0.1, -0.05) is 30.3 Å². The van der Waals surface area contributed by atoms with E-state index in [4.69, 9.17) is 0 Å². The highest BCUT2D eigenvalue weighted by Gasteiger charge is 2.19. The maximum absolute atomic E-state index is 12.6. The second-order valence-electron chi connectivity index (χ2n) is 6.74. The number of rotatable bonds is 6. The van der Waals surface area contributed by atoms with E-state index in [1.54, 1.807) is 24.4 Å². The number of hydrogen-bond donors (Lipinski definition) is 2. The minimum absolute atomic E-state index is 0.00928. The van der Waals surface area contributed by atoms with Crippen molar-refractivity contribution in [2.75, 3.05) is 20.6 Å². The minimum Gasteiger partial charge on any atom is -0.350 e. The van der Waals surface area contributed by atoms with Crippen LogP contribution in [-0.4, -0.2) is 46.4 Å². The molecule has 0 aliphatic carbocycles. The van der Waals surface area contributed by atoms with Gasteiger partial charge in [0.15, 0.2) is 5.82 Å². The van der Waals surface area contributed by atoms with E-state index in [1.165, 1.54) is 6.20 Å². The zero-order chi connectivity index (χ0) is 20.1. The number of aromatic nitrogens is 3.